The van der Waals surface area contributed by atoms with Crippen LogP contribution in [-0.2, 0) is 11.0 Å². The molecule has 0 atom stereocenters. The van der Waals surface area contributed by atoms with E-state index in [1.807, 2.05) is 0 Å². The summed E-state index contributed by atoms with van der Waals surface area (Å²) in [6, 6.07) is 9.55. The van der Waals surface area contributed by atoms with E-state index in [1.165, 1.54) is 18.2 Å². The molecule has 132 valence electrons. The maximum atomic E-state index is 12.9. The molecule has 1 aliphatic rings. The first-order chi connectivity index (χ1) is 11.9. The number of hydrogen-bond donors (Lipinski definition) is 1. The van der Waals surface area contributed by atoms with Crippen LogP contribution in [0.4, 0.5) is 18.9 Å². The summed E-state index contributed by atoms with van der Waals surface area (Å²) in [5.41, 5.74) is -0.496. The van der Waals surface area contributed by atoms with Crippen molar-refractivity contribution in [3.05, 3.63) is 48.0 Å². The van der Waals surface area contributed by atoms with Crippen LogP contribution in [-0.4, -0.2) is 25.7 Å². The number of halogens is 3. The number of hydrogen-bond acceptors (Lipinski definition) is 4. The lowest BCUT2D eigenvalue weighted by atomic mass is 10.2. The summed E-state index contributed by atoms with van der Waals surface area (Å²) in [7, 11) is 0. The number of rotatable bonds is 4. The number of amides is 1. The van der Waals surface area contributed by atoms with Crippen LogP contribution in [0.1, 0.15) is 5.56 Å². The predicted octanol–water partition coefficient (Wildman–Crippen LogP) is 3.49. The molecule has 2 aromatic carbocycles. The fourth-order valence-corrected chi connectivity index (χ4v) is 2.29. The smallest absolute Gasteiger partial charge is 0.419 e. The zero-order chi connectivity index (χ0) is 17.9. The van der Waals surface area contributed by atoms with Gasteiger partial charge < -0.3 is 19.5 Å². The Morgan fingerprint density at radius 1 is 1.08 bits per heavy atom. The van der Waals surface area contributed by atoms with Gasteiger partial charge >= 0.3 is 6.18 Å². The standard InChI is InChI=1S/C17H14F3NO4/c18-17(19,20)12-3-1-2-4-13(12)25-10-16(22)21-11-5-6-14-15(9-11)24-8-7-23-14/h1-6,9H,7-8,10H2,(H,21,22). The molecule has 0 bridgehead atoms. The largest absolute Gasteiger partial charge is 0.486 e. The molecule has 5 nitrogen and oxygen atoms in total. The number of alkyl halides is 3. The van der Waals surface area contributed by atoms with Crippen LogP contribution in [0, 0.1) is 0 Å². The van der Waals surface area contributed by atoms with Crippen molar-refractivity contribution in [2.45, 2.75) is 6.18 Å². The lowest BCUT2D eigenvalue weighted by Crippen LogP contribution is -2.21. The number of nitrogens with one attached hydrogen (secondary N) is 1. The second-order valence-corrected chi connectivity index (χ2v) is 5.19. The second-order valence-electron chi connectivity index (χ2n) is 5.19. The molecule has 0 aliphatic carbocycles. The van der Waals surface area contributed by atoms with Crippen molar-refractivity contribution in [2.24, 2.45) is 0 Å². The molecule has 0 saturated heterocycles. The third-order valence-electron chi connectivity index (χ3n) is 3.38. The molecule has 0 aromatic heterocycles. The van der Waals surface area contributed by atoms with Gasteiger partial charge in [0.25, 0.3) is 5.91 Å². The van der Waals surface area contributed by atoms with E-state index in [9.17, 15) is 18.0 Å². The van der Waals surface area contributed by atoms with Crippen molar-refractivity contribution in [1.82, 2.24) is 0 Å². The zero-order valence-corrected chi connectivity index (χ0v) is 12.9. The predicted molar refractivity (Wildman–Crippen MR) is 83.0 cm³/mol. The summed E-state index contributed by atoms with van der Waals surface area (Å²) in [5, 5.41) is 2.54. The number of para-hydroxylation sites is 1. The third kappa shape index (κ3) is 4.14. The van der Waals surface area contributed by atoms with Crippen molar-refractivity contribution in [3.63, 3.8) is 0 Å². The van der Waals surface area contributed by atoms with Crippen LogP contribution in [0.2, 0.25) is 0 Å². The van der Waals surface area contributed by atoms with E-state index < -0.39 is 30.0 Å². The molecule has 0 saturated carbocycles. The van der Waals surface area contributed by atoms with E-state index in [2.05, 4.69) is 5.32 Å². The van der Waals surface area contributed by atoms with E-state index in [0.717, 1.165) is 6.07 Å². The molecule has 1 heterocycles. The van der Waals surface area contributed by atoms with Gasteiger partial charge in [0, 0.05) is 11.8 Å². The van der Waals surface area contributed by atoms with E-state index in [4.69, 9.17) is 14.2 Å². The normalized spacial score (nSPS) is 13.2. The minimum absolute atomic E-state index is 0.396. The van der Waals surface area contributed by atoms with Crippen LogP contribution in [0.15, 0.2) is 42.5 Å². The van der Waals surface area contributed by atoms with E-state index in [1.54, 1.807) is 18.2 Å². The van der Waals surface area contributed by atoms with Gasteiger partial charge in [-0.3, -0.25) is 4.79 Å². The number of anilines is 1. The van der Waals surface area contributed by atoms with Crippen molar-refractivity contribution in [1.29, 1.82) is 0 Å². The van der Waals surface area contributed by atoms with E-state index in [0.29, 0.717) is 30.4 Å². The van der Waals surface area contributed by atoms with Gasteiger partial charge in [-0.25, -0.2) is 0 Å². The van der Waals surface area contributed by atoms with Crippen molar-refractivity contribution in [2.75, 3.05) is 25.1 Å². The minimum Gasteiger partial charge on any atom is -0.486 e. The van der Waals surface area contributed by atoms with Crippen LogP contribution in [0.5, 0.6) is 17.2 Å². The molecule has 3 rings (SSSR count). The summed E-state index contributed by atoms with van der Waals surface area (Å²) in [6.07, 6.45) is -4.55. The number of benzene rings is 2. The fraction of sp³-hybridized carbons (Fsp3) is 0.235. The summed E-state index contributed by atoms with van der Waals surface area (Å²) < 4.78 is 54.4. The van der Waals surface area contributed by atoms with Crippen LogP contribution < -0.4 is 19.5 Å². The molecule has 2 aromatic rings. The highest BCUT2D eigenvalue weighted by atomic mass is 19.4. The molecule has 0 unspecified atom stereocenters. The number of carbonyl (C=O) groups is 1. The van der Waals surface area contributed by atoms with E-state index >= 15 is 0 Å². The van der Waals surface area contributed by atoms with Gasteiger partial charge in [-0.1, -0.05) is 12.1 Å². The second kappa shape index (κ2) is 6.92. The molecule has 0 fully saturated rings. The Hall–Kier alpha value is -2.90. The van der Waals surface area contributed by atoms with Gasteiger partial charge in [0.15, 0.2) is 18.1 Å². The lowest BCUT2D eigenvalue weighted by Gasteiger charge is -2.19. The number of ether oxygens (including phenoxy) is 3. The molecule has 0 radical (unpaired) electrons. The van der Waals surface area contributed by atoms with Crippen LogP contribution in [0.25, 0.3) is 0 Å². The van der Waals surface area contributed by atoms with Crippen LogP contribution >= 0.6 is 0 Å². The van der Waals surface area contributed by atoms with Gasteiger partial charge in [0.05, 0.1) is 5.56 Å². The summed E-state index contributed by atoms with van der Waals surface area (Å²) in [6.45, 7) is 0.300. The number of carbonyl (C=O) groups excluding carboxylic acids is 1. The molecule has 0 spiro atoms. The fourth-order valence-electron chi connectivity index (χ4n) is 2.29. The summed E-state index contributed by atoms with van der Waals surface area (Å²) >= 11 is 0. The van der Waals surface area contributed by atoms with Crippen LogP contribution in [0.3, 0.4) is 0 Å². The first kappa shape index (κ1) is 16.9. The first-order valence-electron chi connectivity index (χ1n) is 7.42. The van der Waals surface area contributed by atoms with Crippen molar-refractivity contribution < 1.29 is 32.2 Å². The van der Waals surface area contributed by atoms with Crippen molar-refractivity contribution in [3.8, 4) is 17.2 Å². The van der Waals surface area contributed by atoms with Gasteiger partial charge in [0.2, 0.25) is 0 Å². The highest BCUT2D eigenvalue weighted by Gasteiger charge is 2.34. The Labute approximate surface area is 141 Å². The third-order valence-corrected chi connectivity index (χ3v) is 3.38. The molecule has 1 aliphatic heterocycles. The molecule has 1 N–H and O–H groups in total. The minimum atomic E-state index is -4.55. The maximum absolute atomic E-state index is 12.9. The van der Waals surface area contributed by atoms with Crippen molar-refractivity contribution >= 4 is 11.6 Å². The Kier molecular flexibility index (Phi) is 4.69. The SMILES string of the molecule is O=C(COc1ccccc1C(F)(F)F)Nc1ccc2c(c1)OCCO2. The molecule has 1 amide bonds. The van der Waals surface area contributed by atoms with Gasteiger partial charge in [-0.2, -0.15) is 13.2 Å². The maximum Gasteiger partial charge on any atom is 0.419 e. The molecule has 25 heavy (non-hydrogen) atoms. The van der Waals surface area contributed by atoms with E-state index in [-0.39, 0.29) is 0 Å². The van der Waals surface area contributed by atoms with Gasteiger partial charge in [-0.05, 0) is 24.3 Å². The summed E-state index contributed by atoms with van der Waals surface area (Å²) in [4.78, 5) is 11.9. The average Bonchev–Trinajstić information content (AvgIpc) is 2.59. The molecule has 8 heteroatoms. The topological polar surface area (TPSA) is 56.8 Å². The Morgan fingerprint density at radius 3 is 2.56 bits per heavy atom. The first-order valence-corrected chi connectivity index (χ1v) is 7.42. The molecular formula is C17H14F3NO4. The average molecular weight is 353 g/mol. The monoisotopic (exact) mass is 353 g/mol. The number of fused-ring (bicyclic) bond motifs is 1. The Balaban J connectivity index is 1.62. The zero-order valence-electron chi connectivity index (χ0n) is 12.9. The van der Waals surface area contributed by atoms with Gasteiger partial charge in [0.1, 0.15) is 19.0 Å². The highest BCUT2D eigenvalue weighted by molar-refractivity contribution is 5.92. The van der Waals surface area contributed by atoms with Gasteiger partial charge in [-0.15, -0.1) is 0 Å². The highest BCUT2D eigenvalue weighted by Crippen LogP contribution is 2.36. The lowest BCUT2D eigenvalue weighted by molar-refractivity contribution is -0.139. The molecular weight excluding hydrogens is 339 g/mol. The Morgan fingerprint density at radius 2 is 1.80 bits per heavy atom. The summed E-state index contributed by atoms with van der Waals surface area (Å²) in [5.74, 6) is 0.0768. The quantitative estimate of drug-likeness (QED) is 0.914. The Bertz CT molecular complexity index is 777.